The van der Waals surface area contributed by atoms with Crippen molar-refractivity contribution in [3.63, 3.8) is 0 Å². The molecule has 1 aliphatic rings. The Labute approximate surface area is 208 Å². The Bertz CT molecular complexity index is 1740. The van der Waals surface area contributed by atoms with Gasteiger partial charge < -0.3 is 5.32 Å². The Kier molecular flexibility index (Phi) is 5.34. The molecule has 180 valence electrons. The van der Waals surface area contributed by atoms with Crippen molar-refractivity contribution < 1.29 is 13.2 Å². The molecule has 1 N–H and O–H groups in total. The summed E-state index contributed by atoms with van der Waals surface area (Å²) in [7, 11) is -3.12. The third kappa shape index (κ3) is 3.93. The van der Waals surface area contributed by atoms with Crippen LogP contribution in [0.4, 0.5) is 5.69 Å². The summed E-state index contributed by atoms with van der Waals surface area (Å²) in [6.45, 7) is 1.83. The molecule has 0 radical (unpaired) electrons. The summed E-state index contributed by atoms with van der Waals surface area (Å²) in [5.74, 6) is -0.110. The number of carbonyl (C=O) groups is 1. The summed E-state index contributed by atoms with van der Waals surface area (Å²) in [4.78, 5) is 18.7. The predicted molar refractivity (Wildman–Crippen MR) is 142 cm³/mol. The number of rotatable bonds is 4. The molecule has 5 aromatic rings. The quantitative estimate of drug-likeness (QED) is 0.370. The fourth-order valence-electron chi connectivity index (χ4n) is 5.00. The van der Waals surface area contributed by atoms with Gasteiger partial charge in [-0.25, -0.2) is 18.1 Å². The summed E-state index contributed by atoms with van der Waals surface area (Å²) in [6, 6.07) is 24.8. The van der Waals surface area contributed by atoms with E-state index in [0.717, 1.165) is 22.0 Å². The lowest BCUT2D eigenvalue weighted by atomic mass is 10.0. The minimum absolute atomic E-state index is 0.0258. The largest absolute Gasteiger partial charge is 0.321 e. The Hall–Kier alpha value is -4.04. The highest BCUT2D eigenvalue weighted by molar-refractivity contribution is 7.91. The number of hydrogen-bond donors (Lipinski definition) is 1. The number of sulfone groups is 1. The van der Waals surface area contributed by atoms with Crippen molar-refractivity contribution in [1.82, 2.24) is 14.8 Å². The number of hydrogen-bond acceptors (Lipinski definition) is 5. The monoisotopic (exact) mass is 496 g/mol. The maximum atomic E-state index is 13.8. The van der Waals surface area contributed by atoms with E-state index in [1.165, 1.54) is 0 Å². The molecule has 1 atom stereocenters. The zero-order valence-electron chi connectivity index (χ0n) is 19.7. The van der Waals surface area contributed by atoms with E-state index >= 15 is 0 Å². The molecule has 7 nitrogen and oxygen atoms in total. The molecule has 2 aromatic heterocycles. The van der Waals surface area contributed by atoms with Gasteiger partial charge in [0.05, 0.1) is 39.9 Å². The molecule has 0 bridgehead atoms. The molecule has 36 heavy (non-hydrogen) atoms. The average molecular weight is 497 g/mol. The molecule has 1 amide bonds. The number of benzene rings is 3. The van der Waals surface area contributed by atoms with E-state index in [-0.39, 0.29) is 23.5 Å². The van der Waals surface area contributed by atoms with Crippen LogP contribution in [0, 0.1) is 6.92 Å². The predicted octanol–water partition coefficient (Wildman–Crippen LogP) is 5.17. The first-order valence-electron chi connectivity index (χ1n) is 11.8. The van der Waals surface area contributed by atoms with Gasteiger partial charge in [0, 0.05) is 16.6 Å². The van der Waals surface area contributed by atoms with Crippen LogP contribution >= 0.6 is 0 Å². The normalized spacial score (nSPS) is 17.0. The van der Waals surface area contributed by atoms with E-state index in [0.29, 0.717) is 34.4 Å². The van der Waals surface area contributed by atoms with Gasteiger partial charge >= 0.3 is 0 Å². The molecule has 8 heteroatoms. The summed E-state index contributed by atoms with van der Waals surface area (Å²) in [5, 5.41) is 10.4. The Morgan fingerprint density at radius 2 is 1.75 bits per heavy atom. The van der Waals surface area contributed by atoms with E-state index < -0.39 is 9.84 Å². The maximum Gasteiger partial charge on any atom is 0.256 e. The van der Waals surface area contributed by atoms with Gasteiger partial charge in [-0.2, -0.15) is 5.10 Å². The summed E-state index contributed by atoms with van der Waals surface area (Å²) < 4.78 is 26.1. The summed E-state index contributed by atoms with van der Waals surface area (Å²) >= 11 is 0. The van der Waals surface area contributed by atoms with Crippen LogP contribution in [0.3, 0.4) is 0 Å². The third-order valence-corrected chi connectivity index (χ3v) is 8.49. The smallest absolute Gasteiger partial charge is 0.256 e. The summed E-state index contributed by atoms with van der Waals surface area (Å²) in [5.41, 5.74) is 3.84. The van der Waals surface area contributed by atoms with E-state index in [4.69, 9.17) is 4.98 Å². The van der Waals surface area contributed by atoms with Crippen molar-refractivity contribution in [3.05, 3.63) is 90.1 Å². The molecule has 1 saturated heterocycles. The SMILES string of the molecule is Cc1nn(C2CCS(=O)(=O)C2)c2nc(-c3ccccc3)cc(C(=O)Nc3cccc4ccccc34)c12. The van der Waals surface area contributed by atoms with Crippen LogP contribution in [0.2, 0.25) is 0 Å². The number of nitrogens with zero attached hydrogens (tertiary/aromatic N) is 3. The molecular weight excluding hydrogens is 472 g/mol. The van der Waals surface area contributed by atoms with Gasteiger partial charge in [0.25, 0.3) is 5.91 Å². The van der Waals surface area contributed by atoms with Crippen molar-refractivity contribution in [3.8, 4) is 11.3 Å². The van der Waals surface area contributed by atoms with Gasteiger partial charge in [-0.05, 0) is 30.9 Å². The van der Waals surface area contributed by atoms with Crippen molar-refractivity contribution in [2.45, 2.75) is 19.4 Å². The topological polar surface area (TPSA) is 93.9 Å². The second kappa shape index (κ2) is 8.57. The zero-order chi connectivity index (χ0) is 24.9. The minimum atomic E-state index is -3.12. The first kappa shape index (κ1) is 22.4. The van der Waals surface area contributed by atoms with E-state index in [2.05, 4.69) is 10.4 Å². The fourth-order valence-corrected chi connectivity index (χ4v) is 6.69. The van der Waals surface area contributed by atoms with Gasteiger partial charge in [-0.3, -0.25) is 4.79 Å². The molecule has 0 spiro atoms. The second-order valence-corrected chi connectivity index (χ2v) is 11.4. The minimum Gasteiger partial charge on any atom is -0.321 e. The van der Waals surface area contributed by atoms with Crippen LogP contribution in [-0.4, -0.2) is 40.6 Å². The van der Waals surface area contributed by atoms with Crippen molar-refractivity contribution in [1.29, 1.82) is 0 Å². The van der Waals surface area contributed by atoms with Crippen LogP contribution in [0.1, 0.15) is 28.5 Å². The van der Waals surface area contributed by atoms with Crippen LogP contribution in [0.15, 0.2) is 78.9 Å². The molecule has 0 saturated carbocycles. The third-order valence-electron chi connectivity index (χ3n) is 6.74. The number of amides is 1. The molecule has 1 unspecified atom stereocenters. The van der Waals surface area contributed by atoms with Gasteiger partial charge in [0.1, 0.15) is 0 Å². The molecule has 0 aliphatic carbocycles. The Morgan fingerprint density at radius 3 is 2.53 bits per heavy atom. The summed E-state index contributed by atoms with van der Waals surface area (Å²) in [6.07, 6.45) is 0.479. The van der Waals surface area contributed by atoms with E-state index in [1.54, 1.807) is 10.7 Å². The molecule has 6 rings (SSSR count). The molecule has 1 fully saturated rings. The molecule has 3 aromatic carbocycles. The highest BCUT2D eigenvalue weighted by Gasteiger charge is 2.32. The number of aryl methyl sites for hydroxylation is 1. The second-order valence-electron chi connectivity index (χ2n) is 9.19. The Morgan fingerprint density at radius 1 is 1.00 bits per heavy atom. The Balaban J connectivity index is 1.52. The number of pyridine rings is 1. The van der Waals surface area contributed by atoms with Gasteiger partial charge in [-0.15, -0.1) is 0 Å². The zero-order valence-corrected chi connectivity index (χ0v) is 20.5. The molecule has 1 aliphatic heterocycles. The highest BCUT2D eigenvalue weighted by Crippen LogP contribution is 2.33. The molecule has 3 heterocycles. The van der Waals surface area contributed by atoms with Crippen molar-refractivity contribution in [2.75, 3.05) is 16.8 Å². The van der Waals surface area contributed by atoms with Crippen molar-refractivity contribution >= 4 is 43.2 Å². The van der Waals surface area contributed by atoms with Gasteiger partial charge in [-0.1, -0.05) is 66.7 Å². The van der Waals surface area contributed by atoms with Gasteiger partial charge in [0.2, 0.25) is 0 Å². The molecular formula is C28H24N4O3S. The number of fused-ring (bicyclic) bond motifs is 2. The van der Waals surface area contributed by atoms with Crippen LogP contribution in [0.25, 0.3) is 33.1 Å². The highest BCUT2D eigenvalue weighted by atomic mass is 32.2. The first-order chi connectivity index (χ1) is 17.4. The van der Waals surface area contributed by atoms with Crippen LogP contribution in [0.5, 0.6) is 0 Å². The fraction of sp³-hybridized carbons (Fsp3) is 0.179. The first-order valence-corrected chi connectivity index (χ1v) is 13.7. The van der Waals surface area contributed by atoms with Crippen molar-refractivity contribution in [2.24, 2.45) is 0 Å². The number of carbonyl (C=O) groups excluding carboxylic acids is 1. The lowest BCUT2D eigenvalue weighted by molar-refractivity contribution is 0.102. The van der Waals surface area contributed by atoms with E-state index in [1.807, 2.05) is 79.7 Å². The average Bonchev–Trinajstić information content (AvgIpc) is 3.42. The van der Waals surface area contributed by atoms with Crippen LogP contribution < -0.4 is 5.32 Å². The standard InChI is InChI=1S/C28H24N4O3S/c1-18-26-23(28(33)30-24-13-7-11-19-8-5-6-12-22(19)24)16-25(20-9-3-2-4-10-20)29-27(26)32(31-18)21-14-15-36(34,35)17-21/h2-13,16,21H,14-15,17H2,1H3,(H,30,33). The number of nitrogens with one attached hydrogen (secondary N) is 1. The van der Waals surface area contributed by atoms with Gasteiger partial charge in [0.15, 0.2) is 15.5 Å². The number of aromatic nitrogens is 3. The van der Waals surface area contributed by atoms with Crippen LogP contribution in [-0.2, 0) is 9.84 Å². The maximum absolute atomic E-state index is 13.8. The lowest BCUT2D eigenvalue weighted by Crippen LogP contribution is -2.15. The number of anilines is 1. The van der Waals surface area contributed by atoms with E-state index in [9.17, 15) is 13.2 Å². The lowest BCUT2D eigenvalue weighted by Gasteiger charge is -2.13.